The van der Waals surface area contributed by atoms with Crippen LogP contribution in [0.25, 0.3) is 0 Å². The zero-order valence-electron chi connectivity index (χ0n) is 12.3. The smallest absolute Gasteiger partial charge is 0.306 e. The standard InChI is InChI=1S/C15H26N2O3/c1-10-9-11(15(19)20)7-8-17(10)14(18)12-5-3-2-4-6-13(12)16/h10-13H,2-9,16H2,1H3,(H,19,20). The van der Waals surface area contributed by atoms with Crippen molar-refractivity contribution in [3.05, 3.63) is 0 Å². The van der Waals surface area contributed by atoms with Gasteiger partial charge in [0, 0.05) is 18.6 Å². The molecule has 1 aliphatic heterocycles. The Morgan fingerprint density at radius 3 is 2.50 bits per heavy atom. The van der Waals surface area contributed by atoms with Crippen molar-refractivity contribution in [3.8, 4) is 0 Å². The molecule has 1 aliphatic carbocycles. The highest BCUT2D eigenvalue weighted by atomic mass is 16.4. The lowest BCUT2D eigenvalue weighted by Gasteiger charge is -2.39. The molecule has 5 nitrogen and oxygen atoms in total. The average molecular weight is 282 g/mol. The van der Waals surface area contributed by atoms with Crippen LogP contribution < -0.4 is 5.73 Å². The zero-order valence-corrected chi connectivity index (χ0v) is 12.3. The molecule has 4 unspecified atom stereocenters. The lowest BCUT2D eigenvalue weighted by molar-refractivity contribution is -0.149. The van der Waals surface area contributed by atoms with Crippen LogP contribution in [0.5, 0.6) is 0 Å². The minimum absolute atomic E-state index is 0.00723. The van der Waals surface area contributed by atoms with E-state index in [9.17, 15) is 9.59 Å². The maximum absolute atomic E-state index is 12.7. The van der Waals surface area contributed by atoms with E-state index in [1.807, 2.05) is 11.8 Å². The van der Waals surface area contributed by atoms with Crippen LogP contribution in [-0.2, 0) is 9.59 Å². The summed E-state index contributed by atoms with van der Waals surface area (Å²) in [6.07, 6.45) is 6.28. The van der Waals surface area contributed by atoms with Gasteiger partial charge in [0.2, 0.25) is 5.91 Å². The van der Waals surface area contributed by atoms with Gasteiger partial charge in [-0.3, -0.25) is 9.59 Å². The maximum Gasteiger partial charge on any atom is 0.306 e. The highest BCUT2D eigenvalue weighted by Gasteiger charge is 2.37. The fourth-order valence-corrected chi connectivity index (χ4v) is 3.58. The van der Waals surface area contributed by atoms with Crippen molar-refractivity contribution in [1.29, 1.82) is 0 Å². The normalized spacial score (nSPS) is 35.4. The fourth-order valence-electron chi connectivity index (χ4n) is 3.58. The lowest BCUT2D eigenvalue weighted by Crippen LogP contribution is -2.51. The predicted molar refractivity (Wildman–Crippen MR) is 76.1 cm³/mol. The lowest BCUT2D eigenvalue weighted by atomic mass is 9.88. The predicted octanol–water partition coefficient (Wildman–Crippen LogP) is 1.61. The molecule has 2 fully saturated rings. The Labute approximate surface area is 120 Å². The largest absolute Gasteiger partial charge is 0.481 e. The van der Waals surface area contributed by atoms with Crippen molar-refractivity contribution in [1.82, 2.24) is 4.90 Å². The number of carboxylic acid groups (broad SMARTS) is 1. The van der Waals surface area contributed by atoms with Crippen LogP contribution in [0.15, 0.2) is 0 Å². The monoisotopic (exact) mass is 282 g/mol. The average Bonchev–Trinajstić information content (AvgIpc) is 2.62. The molecule has 0 aromatic rings. The van der Waals surface area contributed by atoms with Gasteiger partial charge in [0.1, 0.15) is 0 Å². The molecule has 1 amide bonds. The Morgan fingerprint density at radius 2 is 1.85 bits per heavy atom. The number of carbonyl (C=O) groups excluding carboxylic acids is 1. The SMILES string of the molecule is CC1CC(C(=O)O)CCN1C(=O)C1CCCCCC1N. The Balaban J connectivity index is 2.00. The molecule has 4 atom stereocenters. The van der Waals surface area contributed by atoms with E-state index < -0.39 is 5.97 Å². The Hall–Kier alpha value is -1.10. The van der Waals surface area contributed by atoms with E-state index in [1.165, 1.54) is 0 Å². The molecule has 1 saturated heterocycles. The van der Waals surface area contributed by atoms with Gasteiger partial charge in [-0.1, -0.05) is 19.3 Å². The molecule has 114 valence electrons. The second-order valence-electron chi connectivity index (χ2n) is 6.35. The zero-order chi connectivity index (χ0) is 14.7. The molecule has 0 aromatic heterocycles. The summed E-state index contributed by atoms with van der Waals surface area (Å²) in [6.45, 7) is 2.51. The van der Waals surface area contributed by atoms with Crippen LogP contribution in [0.1, 0.15) is 51.9 Å². The number of hydrogen-bond acceptors (Lipinski definition) is 3. The molecule has 3 N–H and O–H groups in total. The molecular weight excluding hydrogens is 256 g/mol. The Morgan fingerprint density at radius 1 is 1.15 bits per heavy atom. The van der Waals surface area contributed by atoms with Crippen LogP contribution in [0, 0.1) is 11.8 Å². The van der Waals surface area contributed by atoms with Gasteiger partial charge in [-0.25, -0.2) is 0 Å². The number of carboxylic acids is 1. The molecule has 2 rings (SSSR count). The van der Waals surface area contributed by atoms with Crippen molar-refractivity contribution in [3.63, 3.8) is 0 Å². The Bertz CT molecular complexity index is 372. The number of nitrogens with zero attached hydrogens (tertiary/aromatic N) is 1. The summed E-state index contributed by atoms with van der Waals surface area (Å²) in [4.78, 5) is 25.6. The van der Waals surface area contributed by atoms with Gasteiger partial charge in [-0.15, -0.1) is 0 Å². The molecule has 0 radical (unpaired) electrons. The molecular formula is C15H26N2O3. The summed E-state index contributed by atoms with van der Waals surface area (Å²) in [5, 5.41) is 9.09. The minimum atomic E-state index is -0.741. The van der Waals surface area contributed by atoms with E-state index in [4.69, 9.17) is 10.8 Å². The number of rotatable bonds is 2. The first-order valence-electron chi connectivity index (χ1n) is 7.79. The summed E-state index contributed by atoms with van der Waals surface area (Å²) >= 11 is 0. The van der Waals surface area contributed by atoms with E-state index in [2.05, 4.69) is 0 Å². The molecule has 0 spiro atoms. The van der Waals surface area contributed by atoms with Crippen molar-refractivity contribution in [2.45, 2.75) is 64.0 Å². The molecule has 0 bridgehead atoms. The van der Waals surface area contributed by atoms with E-state index >= 15 is 0 Å². The van der Waals surface area contributed by atoms with Gasteiger partial charge < -0.3 is 15.7 Å². The van der Waals surface area contributed by atoms with Crippen LogP contribution in [0.2, 0.25) is 0 Å². The Kier molecular flexibility index (Phi) is 5.02. The highest BCUT2D eigenvalue weighted by molar-refractivity contribution is 5.80. The summed E-state index contributed by atoms with van der Waals surface area (Å²) in [5.41, 5.74) is 6.17. The van der Waals surface area contributed by atoms with Gasteiger partial charge in [-0.05, 0) is 32.6 Å². The fraction of sp³-hybridized carbons (Fsp3) is 0.867. The maximum atomic E-state index is 12.7. The number of likely N-dealkylation sites (tertiary alicyclic amines) is 1. The molecule has 0 aromatic carbocycles. The van der Waals surface area contributed by atoms with Crippen molar-refractivity contribution in [2.24, 2.45) is 17.6 Å². The molecule has 2 aliphatic rings. The first kappa shape index (κ1) is 15.3. The summed E-state index contributed by atoms with van der Waals surface area (Å²) in [7, 11) is 0. The molecule has 20 heavy (non-hydrogen) atoms. The van der Waals surface area contributed by atoms with Crippen molar-refractivity contribution < 1.29 is 14.7 Å². The van der Waals surface area contributed by atoms with Gasteiger partial charge in [0.25, 0.3) is 0 Å². The highest BCUT2D eigenvalue weighted by Crippen LogP contribution is 2.29. The van der Waals surface area contributed by atoms with Gasteiger partial charge in [0.15, 0.2) is 0 Å². The third kappa shape index (κ3) is 3.32. The number of hydrogen-bond donors (Lipinski definition) is 2. The second kappa shape index (κ2) is 6.57. The van der Waals surface area contributed by atoms with Crippen LogP contribution >= 0.6 is 0 Å². The van der Waals surface area contributed by atoms with Crippen LogP contribution in [-0.4, -0.2) is 40.5 Å². The third-order valence-corrected chi connectivity index (χ3v) is 4.90. The van der Waals surface area contributed by atoms with Gasteiger partial charge >= 0.3 is 5.97 Å². The van der Waals surface area contributed by atoms with E-state index in [1.54, 1.807) is 0 Å². The first-order valence-corrected chi connectivity index (χ1v) is 7.79. The van der Waals surface area contributed by atoms with E-state index in [0.29, 0.717) is 19.4 Å². The van der Waals surface area contributed by atoms with E-state index in [0.717, 1.165) is 32.1 Å². The third-order valence-electron chi connectivity index (χ3n) is 4.90. The van der Waals surface area contributed by atoms with Crippen LogP contribution in [0.4, 0.5) is 0 Å². The molecule has 1 saturated carbocycles. The number of amides is 1. The second-order valence-corrected chi connectivity index (χ2v) is 6.35. The summed E-state index contributed by atoms with van der Waals surface area (Å²) in [5.74, 6) is -0.968. The number of piperidine rings is 1. The van der Waals surface area contributed by atoms with Crippen molar-refractivity contribution in [2.75, 3.05) is 6.54 Å². The van der Waals surface area contributed by atoms with Crippen molar-refractivity contribution >= 4 is 11.9 Å². The summed E-state index contributed by atoms with van der Waals surface area (Å²) < 4.78 is 0. The minimum Gasteiger partial charge on any atom is -0.481 e. The van der Waals surface area contributed by atoms with Gasteiger partial charge in [0.05, 0.1) is 11.8 Å². The van der Waals surface area contributed by atoms with Crippen LogP contribution in [0.3, 0.4) is 0 Å². The summed E-state index contributed by atoms with van der Waals surface area (Å²) in [6, 6.07) is -0.0257. The quantitative estimate of drug-likeness (QED) is 0.754. The van der Waals surface area contributed by atoms with E-state index in [-0.39, 0.29) is 29.8 Å². The molecule has 5 heteroatoms. The molecule has 1 heterocycles. The number of aliphatic carboxylic acids is 1. The van der Waals surface area contributed by atoms with Gasteiger partial charge in [-0.2, -0.15) is 0 Å². The topological polar surface area (TPSA) is 83.6 Å². The number of carbonyl (C=O) groups is 2. The number of nitrogens with two attached hydrogens (primary N) is 1. The first-order chi connectivity index (χ1) is 9.50.